The van der Waals surface area contributed by atoms with Crippen LogP contribution in [0.2, 0.25) is 0 Å². The number of carbonyl (C=O) groups is 1. The number of benzene rings is 2. The summed E-state index contributed by atoms with van der Waals surface area (Å²) in [5.74, 6) is 0.578. The van der Waals surface area contributed by atoms with Gasteiger partial charge in [-0.15, -0.1) is 0 Å². The number of carboxylic acid groups (broad SMARTS) is 1. The van der Waals surface area contributed by atoms with Crippen molar-refractivity contribution in [2.24, 2.45) is 4.99 Å². The number of hydrogen-bond donors (Lipinski definition) is 1. The highest BCUT2D eigenvalue weighted by Crippen LogP contribution is 2.46. The summed E-state index contributed by atoms with van der Waals surface area (Å²) < 4.78 is 6.11. The highest BCUT2D eigenvalue weighted by Gasteiger charge is 2.37. The first-order valence-electron chi connectivity index (χ1n) is 11.9. The molecule has 1 heterocycles. The molecule has 0 radical (unpaired) electrons. The minimum atomic E-state index is -0.818. The number of aliphatic carboxylic acids is 1. The van der Waals surface area contributed by atoms with Gasteiger partial charge in [-0.25, -0.2) is 0 Å². The third-order valence-corrected chi connectivity index (χ3v) is 7.40. The van der Waals surface area contributed by atoms with Crippen LogP contribution in [0.15, 0.2) is 47.5 Å². The molecule has 2 aromatic rings. The molecule has 5 heteroatoms. The minimum Gasteiger partial charge on any atom is -0.489 e. The summed E-state index contributed by atoms with van der Waals surface area (Å²) in [6.07, 6.45) is 2.43. The van der Waals surface area contributed by atoms with E-state index in [4.69, 9.17) is 4.74 Å². The lowest BCUT2D eigenvalue weighted by molar-refractivity contribution is -0.137. The van der Waals surface area contributed by atoms with Gasteiger partial charge >= 0.3 is 5.97 Å². The second-order valence-electron chi connectivity index (χ2n) is 10.8. The highest BCUT2D eigenvalue weighted by molar-refractivity contribution is 5.93. The van der Waals surface area contributed by atoms with E-state index >= 15 is 0 Å². The number of carboxylic acids is 1. The van der Waals surface area contributed by atoms with Crippen molar-refractivity contribution in [3.8, 4) is 5.75 Å². The molecular formula is C28H36N2O3. The van der Waals surface area contributed by atoms with Crippen molar-refractivity contribution in [3.63, 3.8) is 0 Å². The molecule has 5 nitrogen and oxygen atoms in total. The monoisotopic (exact) mass is 448 g/mol. The number of rotatable bonds is 7. The summed E-state index contributed by atoms with van der Waals surface area (Å²) in [6.45, 7) is 11.4. The number of hydrogen-bond acceptors (Lipinski definition) is 4. The first-order valence-corrected chi connectivity index (χ1v) is 11.9. The summed E-state index contributed by atoms with van der Waals surface area (Å²) in [7, 11) is 1.97. The molecule has 33 heavy (non-hydrogen) atoms. The van der Waals surface area contributed by atoms with Crippen LogP contribution < -0.4 is 4.74 Å². The zero-order chi connectivity index (χ0) is 23.8. The van der Waals surface area contributed by atoms with E-state index in [1.807, 2.05) is 31.3 Å². The van der Waals surface area contributed by atoms with E-state index in [2.05, 4.69) is 55.8 Å². The van der Waals surface area contributed by atoms with E-state index in [0.717, 1.165) is 30.2 Å². The lowest BCUT2D eigenvalue weighted by atomic mass is 9.63. The number of likely N-dealkylation sites (N-methyl/N-ethyl adjacent to an activating group) is 1. The molecule has 176 valence electrons. The van der Waals surface area contributed by atoms with E-state index < -0.39 is 5.97 Å². The summed E-state index contributed by atoms with van der Waals surface area (Å²) in [6, 6.07) is 14.6. The fourth-order valence-electron chi connectivity index (χ4n) is 5.15. The van der Waals surface area contributed by atoms with E-state index in [1.54, 1.807) is 0 Å². The molecule has 1 aliphatic carbocycles. The molecule has 0 bridgehead atoms. The van der Waals surface area contributed by atoms with Gasteiger partial charge in [0.2, 0.25) is 0 Å². The zero-order valence-electron chi connectivity index (χ0n) is 20.5. The van der Waals surface area contributed by atoms with Crippen molar-refractivity contribution >= 4 is 11.8 Å². The summed E-state index contributed by atoms with van der Waals surface area (Å²) in [5, 5.41) is 9.41. The van der Waals surface area contributed by atoms with Gasteiger partial charge in [0.15, 0.2) is 0 Å². The molecular weight excluding hydrogens is 412 g/mol. The molecule has 1 N–H and O–H groups in total. The van der Waals surface area contributed by atoms with Crippen LogP contribution >= 0.6 is 0 Å². The van der Waals surface area contributed by atoms with E-state index in [9.17, 15) is 9.90 Å². The first kappa shape index (κ1) is 23.3. The lowest BCUT2D eigenvalue weighted by Gasteiger charge is -2.42. The highest BCUT2D eigenvalue weighted by atomic mass is 16.5. The van der Waals surface area contributed by atoms with Gasteiger partial charge in [-0.2, -0.15) is 0 Å². The van der Waals surface area contributed by atoms with Crippen molar-refractivity contribution in [2.45, 2.75) is 70.3 Å². The van der Waals surface area contributed by atoms with Gasteiger partial charge in [0, 0.05) is 13.6 Å². The molecule has 0 fully saturated rings. The molecule has 4 rings (SSSR count). The molecule has 0 saturated heterocycles. The Morgan fingerprint density at radius 2 is 1.73 bits per heavy atom. The predicted octanol–water partition coefficient (Wildman–Crippen LogP) is 5.52. The normalized spacial score (nSPS) is 19.5. The van der Waals surface area contributed by atoms with Gasteiger partial charge in [0.25, 0.3) is 0 Å². The Morgan fingerprint density at radius 3 is 2.33 bits per heavy atom. The van der Waals surface area contributed by atoms with Crippen LogP contribution in [0.1, 0.15) is 75.1 Å². The Hall–Kier alpha value is -2.82. The smallest absolute Gasteiger partial charge is 0.304 e. The van der Waals surface area contributed by atoms with Crippen LogP contribution in [-0.2, 0) is 22.2 Å². The van der Waals surface area contributed by atoms with Gasteiger partial charge in [0.05, 0.1) is 18.9 Å². The largest absolute Gasteiger partial charge is 0.489 e. The fraction of sp³-hybridized carbons (Fsp3) is 0.500. The third-order valence-electron chi connectivity index (χ3n) is 7.40. The predicted molar refractivity (Wildman–Crippen MR) is 132 cm³/mol. The third kappa shape index (κ3) is 4.92. The minimum absolute atomic E-state index is 0.0324. The topological polar surface area (TPSA) is 62.1 Å². The van der Waals surface area contributed by atoms with Gasteiger partial charge in [-0.3, -0.25) is 9.79 Å². The van der Waals surface area contributed by atoms with Crippen molar-refractivity contribution in [1.29, 1.82) is 0 Å². The number of fused-ring (bicyclic) bond motifs is 1. The van der Waals surface area contributed by atoms with E-state index in [1.165, 1.54) is 29.5 Å². The second-order valence-corrected chi connectivity index (χ2v) is 10.8. The molecule has 2 aliphatic rings. The summed E-state index contributed by atoms with van der Waals surface area (Å²) >= 11 is 0. The number of aliphatic imine (C=N–C) groups is 1. The van der Waals surface area contributed by atoms with Crippen molar-refractivity contribution in [2.75, 3.05) is 20.1 Å². The Labute approximate surface area is 197 Å². The fourth-order valence-corrected chi connectivity index (χ4v) is 5.15. The molecule has 0 spiro atoms. The second kappa shape index (κ2) is 8.85. The Morgan fingerprint density at radius 1 is 1.06 bits per heavy atom. The van der Waals surface area contributed by atoms with Crippen LogP contribution in [0.3, 0.4) is 0 Å². The van der Waals surface area contributed by atoms with Crippen molar-refractivity contribution in [1.82, 2.24) is 4.90 Å². The number of amidine groups is 1. The Kier molecular flexibility index (Phi) is 6.26. The van der Waals surface area contributed by atoms with Crippen LogP contribution in [0.4, 0.5) is 0 Å². The summed E-state index contributed by atoms with van der Waals surface area (Å²) in [4.78, 5) is 18.1. The molecule has 2 aromatic carbocycles. The zero-order valence-corrected chi connectivity index (χ0v) is 20.5. The van der Waals surface area contributed by atoms with Crippen LogP contribution in [0.25, 0.3) is 0 Å². The van der Waals surface area contributed by atoms with Crippen molar-refractivity contribution < 1.29 is 14.6 Å². The van der Waals surface area contributed by atoms with Crippen LogP contribution in [0.5, 0.6) is 5.75 Å². The Balaban J connectivity index is 1.48. The van der Waals surface area contributed by atoms with E-state index in [0.29, 0.717) is 6.61 Å². The van der Waals surface area contributed by atoms with Gasteiger partial charge in [0.1, 0.15) is 18.2 Å². The van der Waals surface area contributed by atoms with Gasteiger partial charge in [-0.1, -0.05) is 58.0 Å². The quantitative estimate of drug-likeness (QED) is 0.606. The maximum atomic E-state index is 11.5. The summed E-state index contributed by atoms with van der Waals surface area (Å²) in [5.41, 5.74) is 5.41. The van der Waals surface area contributed by atoms with E-state index in [-0.39, 0.29) is 23.2 Å². The molecule has 0 aromatic heterocycles. The molecule has 0 saturated carbocycles. The standard InChI is InChI=1S/C28H36N2O3/c1-27(2)12-13-28(3,4)24-16-19(6-11-23(24)27)18-33-21-9-7-20(8-10-21)22(17-25(31)32)26-29-14-15-30(26)5/h6-11,16,22H,12-15,17-18H2,1-5H3,(H,31,32)/t22-/m0/s1. The van der Waals surface area contributed by atoms with Crippen LogP contribution in [-0.4, -0.2) is 41.9 Å². The molecule has 1 atom stereocenters. The Bertz CT molecular complexity index is 1050. The van der Waals surface area contributed by atoms with Gasteiger partial charge in [-0.05, 0) is 58.1 Å². The SMILES string of the molecule is CN1CCN=C1[C@@H](CC(=O)O)c1ccc(OCc2ccc3c(c2)C(C)(C)CCC3(C)C)cc1. The molecule has 1 aliphatic heterocycles. The maximum Gasteiger partial charge on any atom is 0.304 e. The molecule has 0 amide bonds. The van der Waals surface area contributed by atoms with Gasteiger partial charge < -0.3 is 14.7 Å². The van der Waals surface area contributed by atoms with Crippen LogP contribution in [0, 0.1) is 0 Å². The molecule has 0 unspecified atom stereocenters. The lowest BCUT2D eigenvalue weighted by Crippen LogP contribution is -2.33. The maximum absolute atomic E-state index is 11.5. The number of ether oxygens (including phenoxy) is 1. The average Bonchev–Trinajstić information content (AvgIpc) is 3.20. The van der Waals surface area contributed by atoms with Crippen molar-refractivity contribution in [3.05, 3.63) is 64.7 Å². The average molecular weight is 449 g/mol. The first-order chi connectivity index (χ1) is 15.6. The number of nitrogens with zero attached hydrogens (tertiary/aromatic N) is 2.